The fourth-order valence-corrected chi connectivity index (χ4v) is 0.990. The first-order valence-corrected chi connectivity index (χ1v) is 4.41. The number of amides is 1. The molecular formula is C8H7ClN2O4. The summed E-state index contributed by atoms with van der Waals surface area (Å²) >= 11 is 5.23. The zero-order chi connectivity index (χ0) is 11.4. The highest BCUT2D eigenvalue weighted by molar-refractivity contribution is 6.29. The van der Waals surface area contributed by atoms with Crippen LogP contribution in [-0.4, -0.2) is 21.8 Å². The Morgan fingerprint density at radius 3 is 2.73 bits per heavy atom. The third kappa shape index (κ3) is 2.81. The second-order valence-electron chi connectivity index (χ2n) is 2.64. The van der Waals surface area contributed by atoms with Crippen molar-refractivity contribution >= 4 is 28.9 Å². The molecule has 80 valence electrons. The number of phenolic OH excluding ortho intramolecular Hbond substituents is 1. The molecule has 0 heterocycles. The average molecular weight is 231 g/mol. The second-order valence-corrected chi connectivity index (χ2v) is 2.91. The Hall–Kier alpha value is -1.82. The number of rotatable bonds is 3. The third-order valence-electron chi connectivity index (χ3n) is 1.59. The van der Waals surface area contributed by atoms with Gasteiger partial charge in [-0.3, -0.25) is 14.9 Å². The largest absolute Gasteiger partial charge is 0.506 e. The Morgan fingerprint density at radius 1 is 1.60 bits per heavy atom. The Morgan fingerprint density at radius 2 is 2.27 bits per heavy atom. The number of nitro benzene ring substituents is 1. The van der Waals surface area contributed by atoms with Crippen molar-refractivity contribution in [1.82, 2.24) is 0 Å². The van der Waals surface area contributed by atoms with Gasteiger partial charge in [-0.15, -0.1) is 11.6 Å². The summed E-state index contributed by atoms with van der Waals surface area (Å²) in [4.78, 5) is 20.5. The molecule has 0 bridgehead atoms. The molecule has 1 amide bonds. The summed E-state index contributed by atoms with van der Waals surface area (Å²) in [6.07, 6.45) is 0. The maximum Gasteiger partial charge on any atom is 0.273 e. The normalized spacial score (nSPS) is 9.67. The highest BCUT2D eigenvalue weighted by Gasteiger charge is 2.11. The SMILES string of the molecule is O=C(CCl)Nc1ccc([N+](=O)[O-])cc1O. The van der Waals surface area contributed by atoms with Crippen LogP contribution in [0.4, 0.5) is 11.4 Å². The number of nitro groups is 1. The van der Waals surface area contributed by atoms with Gasteiger partial charge in [-0.25, -0.2) is 0 Å². The molecule has 7 heteroatoms. The lowest BCUT2D eigenvalue weighted by Gasteiger charge is -2.04. The smallest absolute Gasteiger partial charge is 0.273 e. The number of alkyl halides is 1. The number of hydrogen-bond acceptors (Lipinski definition) is 4. The van der Waals surface area contributed by atoms with Crippen molar-refractivity contribution in [2.45, 2.75) is 0 Å². The minimum atomic E-state index is -0.646. The number of phenols is 1. The van der Waals surface area contributed by atoms with Gasteiger partial charge in [0.1, 0.15) is 11.6 Å². The van der Waals surface area contributed by atoms with Gasteiger partial charge in [-0.05, 0) is 6.07 Å². The number of carbonyl (C=O) groups excluding carboxylic acids is 1. The second kappa shape index (κ2) is 4.61. The van der Waals surface area contributed by atoms with Crippen molar-refractivity contribution in [2.75, 3.05) is 11.2 Å². The maximum absolute atomic E-state index is 10.9. The molecule has 0 aliphatic heterocycles. The number of halogens is 1. The van der Waals surface area contributed by atoms with Crippen LogP contribution in [0.5, 0.6) is 5.75 Å². The van der Waals surface area contributed by atoms with E-state index in [9.17, 15) is 20.0 Å². The Kier molecular flexibility index (Phi) is 3.46. The molecule has 15 heavy (non-hydrogen) atoms. The number of nitrogens with zero attached hydrogens (tertiary/aromatic N) is 1. The highest BCUT2D eigenvalue weighted by Crippen LogP contribution is 2.27. The van der Waals surface area contributed by atoms with E-state index in [2.05, 4.69) is 5.32 Å². The lowest BCUT2D eigenvalue weighted by Crippen LogP contribution is -2.12. The van der Waals surface area contributed by atoms with E-state index >= 15 is 0 Å². The van der Waals surface area contributed by atoms with Gasteiger partial charge in [-0.1, -0.05) is 0 Å². The molecular weight excluding hydrogens is 224 g/mol. The van der Waals surface area contributed by atoms with Crippen LogP contribution in [0.25, 0.3) is 0 Å². The first kappa shape index (κ1) is 11.3. The van der Waals surface area contributed by atoms with E-state index in [0.717, 1.165) is 6.07 Å². The van der Waals surface area contributed by atoms with Gasteiger partial charge >= 0.3 is 0 Å². The standard InChI is InChI=1S/C8H7ClN2O4/c9-4-8(13)10-6-2-1-5(11(14)15)3-7(6)12/h1-3,12H,4H2,(H,10,13). The molecule has 0 atom stereocenters. The van der Waals surface area contributed by atoms with Crippen molar-refractivity contribution in [3.8, 4) is 5.75 Å². The van der Waals surface area contributed by atoms with Crippen LogP contribution in [0, 0.1) is 10.1 Å². The third-order valence-corrected chi connectivity index (χ3v) is 1.83. The summed E-state index contributed by atoms with van der Waals surface area (Å²) < 4.78 is 0. The highest BCUT2D eigenvalue weighted by atomic mass is 35.5. The van der Waals surface area contributed by atoms with Crippen molar-refractivity contribution in [1.29, 1.82) is 0 Å². The molecule has 1 aromatic carbocycles. The van der Waals surface area contributed by atoms with Crippen molar-refractivity contribution < 1.29 is 14.8 Å². The van der Waals surface area contributed by atoms with E-state index in [1.165, 1.54) is 12.1 Å². The lowest BCUT2D eigenvalue weighted by atomic mass is 10.2. The Labute approximate surface area is 89.6 Å². The molecule has 0 radical (unpaired) electrons. The molecule has 1 aromatic rings. The van der Waals surface area contributed by atoms with Gasteiger partial charge < -0.3 is 10.4 Å². The van der Waals surface area contributed by atoms with E-state index in [1.807, 2.05) is 0 Å². The van der Waals surface area contributed by atoms with Gasteiger partial charge in [0.25, 0.3) is 5.69 Å². The van der Waals surface area contributed by atoms with Crippen molar-refractivity contribution in [3.63, 3.8) is 0 Å². The molecule has 0 saturated carbocycles. The quantitative estimate of drug-likeness (QED) is 0.356. The van der Waals surface area contributed by atoms with Crippen LogP contribution in [-0.2, 0) is 4.79 Å². The Balaban J connectivity index is 2.93. The summed E-state index contributed by atoms with van der Waals surface area (Å²) in [5.74, 6) is -1.13. The van der Waals surface area contributed by atoms with Crippen LogP contribution in [0.15, 0.2) is 18.2 Å². The molecule has 0 aliphatic carbocycles. The average Bonchev–Trinajstić information content (AvgIpc) is 2.20. The fraction of sp³-hybridized carbons (Fsp3) is 0.125. The van der Waals surface area contributed by atoms with E-state index in [0.29, 0.717) is 0 Å². The zero-order valence-corrected chi connectivity index (χ0v) is 8.19. The van der Waals surface area contributed by atoms with Gasteiger partial charge in [-0.2, -0.15) is 0 Å². The molecule has 6 nitrogen and oxygen atoms in total. The molecule has 1 rings (SSSR count). The predicted molar refractivity (Wildman–Crippen MR) is 54.1 cm³/mol. The minimum Gasteiger partial charge on any atom is -0.506 e. The van der Waals surface area contributed by atoms with Gasteiger partial charge in [0, 0.05) is 6.07 Å². The molecule has 0 spiro atoms. The fourth-order valence-electron chi connectivity index (χ4n) is 0.923. The summed E-state index contributed by atoms with van der Waals surface area (Å²) in [5.41, 5.74) is -0.164. The first-order chi connectivity index (χ1) is 7.04. The molecule has 0 unspecified atom stereocenters. The van der Waals surface area contributed by atoms with Crippen molar-refractivity contribution in [2.24, 2.45) is 0 Å². The molecule has 2 N–H and O–H groups in total. The van der Waals surface area contributed by atoms with E-state index in [4.69, 9.17) is 11.6 Å². The van der Waals surface area contributed by atoms with Gasteiger partial charge in [0.15, 0.2) is 0 Å². The summed E-state index contributed by atoms with van der Waals surface area (Å²) in [5, 5.41) is 21.9. The molecule has 0 saturated heterocycles. The van der Waals surface area contributed by atoms with Crippen LogP contribution in [0.3, 0.4) is 0 Å². The summed E-state index contributed by atoms with van der Waals surface area (Å²) in [6, 6.07) is 3.35. The van der Waals surface area contributed by atoms with Crippen LogP contribution >= 0.6 is 11.6 Å². The van der Waals surface area contributed by atoms with Gasteiger partial charge in [0.05, 0.1) is 16.7 Å². The van der Waals surface area contributed by atoms with Crippen molar-refractivity contribution in [3.05, 3.63) is 28.3 Å². The van der Waals surface area contributed by atoms with Gasteiger partial charge in [0.2, 0.25) is 5.91 Å². The van der Waals surface area contributed by atoms with Crippen LogP contribution in [0.1, 0.15) is 0 Å². The summed E-state index contributed by atoms with van der Waals surface area (Å²) in [6.45, 7) is 0. The number of anilines is 1. The predicted octanol–water partition coefficient (Wildman–Crippen LogP) is 1.48. The number of benzene rings is 1. The van der Waals surface area contributed by atoms with E-state index in [1.54, 1.807) is 0 Å². The molecule has 0 aliphatic rings. The summed E-state index contributed by atoms with van der Waals surface area (Å²) in [7, 11) is 0. The number of nitrogens with one attached hydrogen (secondary N) is 1. The van der Waals surface area contributed by atoms with Crippen LogP contribution in [0.2, 0.25) is 0 Å². The first-order valence-electron chi connectivity index (χ1n) is 3.88. The topological polar surface area (TPSA) is 92.5 Å². The number of non-ortho nitro benzene ring substituents is 1. The number of hydrogen-bond donors (Lipinski definition) is 2. The maximum atomic E-state index is 10.9. The minimum absolute atomic E-state index is 0.0891. The Bertz CT molecular complexity index is 408. The lowest BCUT2D eigenvalue weighted by molar-refractivity contribution is -0.384. The van der Waals surface area contributed by atoms with E-state index in [-0.39, 0.29) is 23.0 Å². The number of carbonyl (C=O) groups is 1. The van der Waals surface area contributed by atoms with E-state index < -0.39 is 10.8 Å². The monoisotopic (exact) mass is 230 g/mol. The molecule has 0 aromatic heterocycles. The zero-order valence-electron chi connectivity index (χ0n) is 7.44. The van der Waals surface area contributed by atoms with Crippen LogP contribution < -0.4 is 5.32 Å². The molecule has 0 fully saturated rings. The number of aromatic hydroxyl groups is 1.